The van der Waals surface area contributed by atoms with Crippen LogP contribution >= 0.6 is 11.8 Å². The van der Waals surface area contributed by atoms with Gasteiger partial charge in [0.25, 0.3) is 0 Å². The van der Waals surface area contributed by atoms with E-state index in [1.54, 1.807) is 0 Å². The van der Waals surface area contributed by atoms with Crippen LogP contribution in [0.25, 0.3) is 55.2 Å². The zero-order chi connectivity index (χ0) is 42.2. The number of benzene rings is 9. The van der Waals surface area contributed by atoms with Gasteiger partial charge in [0.15, 0.2) is 6.17 Å². The van der Waals surface area contributed by atoms with Gasteiger partial charge in [0.2, 0.25) is 0 Å². The lowest BCUT2D eigenvalue weighted by Gasteiger charge is -2.40. The Hall–Kier alpha value is -7.86. The number of aliphatic imine (C=N–C) groups is 2. The molecule has 0 radical (unpaired) electrons. The zero-order valence-electron chi connectivity index (χ0n) is 34.6. The van der Waals surface area contributed by atoms with E-state index >= 15 is 0 Å². The predicted molar refractivity (Wildman–Crippen MR) is 263 cm³/mol. The number of amidine groups is 2. The summed E-state index contributed by atoms with van der Waals surface area (Å²) in [6.07, 6.45) is -0.499. The molecule has 1 aromatic heterocycles. The van der Waals surface area contributed by atoms with Crippen LogP contribution in [0.15, 0.2) is 238 Å². The fourth-order valence-electron chi connectivity index (χ4n) is 10.3. The summed E-state index contributed by atoms with van der Waals surface area (Å²) in [6, 6.07) is 78.5. The third-order valence-corrected chi connectivity index (χ3v) is 14.4. The molecule has 0 fully saturated rings. The zero-order valence-corrected chi connectivity index (χ0v) is 35.4. The van der Waals surface area contributed by atoms with E-state index in [0.29, 0.717) is 0 Å². The Kier molecular flexibility index (Phi) is 8.40. The highest BCUT2D eigenvalue weighted by Crippen LogP contribution is 2.63. The average molecular weight is 835 g/mol. The minimum atomic E-state index is -0.502. The molecular formula is C59H38N4S. The summed E-state index contributed by atoms with van der Waals surface area (Å²) in [5.74, 6) is 1.57. The Balaban J connectivity index is 1.06. The minimum Gasteiger partial charge on any atom is -0.324 e. The van der Waals surface area contributed by atoms with Crippen molar-refractivity contribution in [2.45, 2.75) is 21.4 Å². The average Bonchev–Trinajstić information content (AvgIpc) is 3.67. The van der Waals surface area contributed by atoms with Crippen molar-refractivity contribution in [2.24, 2.45) is 9.98 Å². The maximum Gasteiger partial charge on any atom is 0.169 e. The second kappa shape index (κ2) is 14.6. The summed E-state index contributed by atoms with van der Waals surface area (Å²) >= 11 is 1.88. The van der Waals surface area contributed by atoms with Gasteiger partial charge < -0.3 is 5.32 Å². The summed E-state index contributed by atoms with van der Waals surface area (Å²) in [5, 5.41) is 7.03. The molecule has 13 rings (SSSR count). The Bertz CT molecular complexity index is 3500. The molecule has 4 nitrogen and oxygen atoms in total. The van der Waals surface area contributed by atoms with Crippen molar-refractivity contribution >= 4 is 45.1 Å². The lowest BCUT2D eigenvalue weighted by Crippen LogP contribution is -2.36. The van der Waals surface area contributed by atoms with Gasteiger partial charge >= 0.3 is 0 Å². The predicted octanol–water partition coefficient (Wildman–Crippen LogP) is 14.0. The lowest BCUT2D eigenvalue weighted by atomic mass is 9.67. The van der Waals surface area contributed by atoms with E-state index in [2.05, 4.69) is 212 Å². The maximum atomic E-state index is 5.48. The Morgan fingerprint density at radius 3 is 1.62 bits per heavy atom. The molecule has 1 spiro atoms. The molecule has 9 aromatic carbocycles. The number of pyridine rings is 1. The third-order valence-electron chi connectivity index (χ3n) is 13.2. The first-order valence-electron chi connectivity index (χ1n) is 21.8. The molecule has 10 aromatic rings. The van der Waals surface area contributed by atoms with E-state index in [0.717, 1.165) is 61.5 Å². The van der Waals surface area contributed by atoms with Crippen LogP contribution in [-0.4, -0.2) is 16.7 Å². The summed E-state index contributed by atoms with van der Waals surface area (Å²) in [5.41, 5.74) is 15.7. The van der Waals surface area contributed by atoms with Gasteiger partial charge in [-0.15, -0.1) is 0 Å². The summed E-state index contributed by atoms with van der Waals surface area (Å²) in [7, 11) is 0. The largest absolute Gasteiger partial charge is 0.324 e. The van der Waals surface area contributed by atoms with Crippen LogP contribution in [0.4, 0.5) is 0 Å². The third kappa shape index (κ3) is 5.61. The fourth-order valence-corrected chi connectivity index (χ4v) is 11.7. The van der Waals surface area contributed by atoms with Crippen molar-refractivity contribution in [1.82, 2.24) is 10.3 Å². The highest BCUT2D eigenvalue weighted by molar-refractivity contribution is 7.99. The van der Waals surface area contributed by atoms with Crippen LogP contribution in [0.2, 0.25) is 0 Å². The van der Waals surface area contributed by atoms with E-state index in [1.807, 2.05) is 23.9 Å². The molecule has 300 valence electrons. The van der Waals surface area contributed by atoms with Gasteiger partial charge in [-0.2, -0.15) is 0 Å². The number of aromatic nitrogens is 1. The van der Waals surface area contributed by atoms with Crippen molar-refractivity contribution in [3.05, 3.63) is 257 Å². The van der Waals surface area contributed by atoms with Gasteiger partial charge in [-0.1, -0.05) is 212 Å². The van der Waals surface area contributed by atoms with Gasteiger partial charge in [0.05, 0.1) is 16.6 Å². The number of hydrogen-bond acceptors (Lipinski definition) is 5. The number of nitrogens with one attached hydrogen (secondary N) is 1. The number of nitrogens with zero attached hydrogens (tertiary/aromatic N) is 3. The molecule has 3 heterocycles. The number of fused-ring (bicyclic) bond motifs is 13. The lowest BCUT2D eigenvalue weighted by molar-refractivity contribution is 0.726. The quantitative estimate of drug-likeness (QED) is 0.176. The fraction of sp³-hybridized carbons (Fsp3) is 0.0339. The second-order valence-corrected chi connectivity index (χ2v) is 17.7. The van der Waals surface area contributed by atoms with E-state index < -0.39 is 11.6 Å². The van der Waals surface area contributed by atoms with Gasteiger partial charge in [0.1, 0.15) is 11.7 Å². The van der Waals surface area contributed by atoms with Crippen molar-refractivity contribution in [1.29, 1.82) is 0 Å². The van der Waals surface area contributed by atoms with Crippen molar-refractivity contribution < 1.29 is 0 Å². The molecule has 3 aliphatic rings. The van der Waals surface area contributed by atoms with E-state index in [4.69, 9.17) is 15.0 Å². The smallest absolute Gasteiger partial charge is 0.169 e. The van der Waals surface area contributed by atoms with Crippen molar-refractivity contribution in [3.63, 3.8) is 0 Å². The first kappa shape index (κ1) is 36.8. The molecule has 1 aliphatic carbocycles. The van der Waals surface area contributed by atoms with Crippen LogP contribution in [0, 0.1) is 0 Å². The molecular weight excluding hydrogens is 797 g/mol. The minimum absolute atomic E-state index is 0.499. The standard InChI is InChI=1S/C59H38N4S/c1-4-16-37(17-5-1)38-28-30-41(31-29-38)57-61-56(40-20-8-3-9-21-40)62-58(63-57)42-32-35-51-46(36-42)53-45(54(60-51)39-18-6-2-7-19-39)33-34-50-55(53)64-52-27-15-14-26-49(52)59(50)47-24-12-10-22-43(47)44-23-11-13-25-48(44)59/h1-36,58H,(H,61,62,63). The van der Waals surface area contributed by atoms with Crippen LogP contribution in [0.3, 0.4) is 0 Å². The first-order chi connectivity index (χ1) is 31.7. The number of hydrogen-bond donors (Lipinski definition) is 1. The van der Waals surface area contributed by atoms with Crippen molar-refractivity contribution in [3.8, 4) is 33.5 Å². The van der Waals surface area contributed by atoms with Gasteiger partial charge in [-0.25, -0.2) is 15.0 Å². The first-order valence-corrected chi connectivity index (χ1v) is 22.6. The maximum absolute atomic E-state index is 5.48. The Labute approximate surface area is 375 Å². The molecule has 0 saturated carbocycles. The summed E-state index contributed by atoms with van der Waals surface area (Å²) < 4.78 is 0. The Morgan fingerprint density at radius 2 is 0.953 bits per heavy atom. The molecule has 5 heteroatoms. The molecule has 1 N–H and O–H groups in total. The monoisotopic (exact) mass is 834 g/mol. The molecule has 0 bridgehead atoms. The molecule has 64 heavy (non-hydrogen) atoms. The second-order valence-electron chi connectivity index (χ2n) is 16.7. The molecule has 0 amide bonds. The highest BCUT2D eigenvalue weighted by atomic mass is 32.2. The van der Waals surface area contributed by atoms with Crippen molar-refractivity contribution in [2.75, 3.05) is 0 Å². The topological polar surface area (TPSA) is 49.6 Å². The van der Waals surface area contributed by atoms with Crippen LogP contribution < -0.4 is 5.32 Å². The van der Waals surface area contributed by atoms with Crippen LogP contribution in [-0.2, 0) is 5.41 Å². The molecule has 1 atom stereocenters. The van der Waals surface area contributed by atoms with Gasteiger partial charge in [-0.3, -0.25) is 0 Å². The summed E-state index contributed by atoms with van der Waals surface area (Å²) in [6.45, 7) is 0. The molecule has 2 aliphatic heterocycles. The number of rotatable bonds is 5. The SMILES string of the molecule is c1ccc(C2=NC(c3ccc4nc(-c5ccccc5)c5ccc6c(c5c4c3)Sc3ccccc3C63c4ccccc4-c4ccccc43)N=C(c3ccc(-c4ccccc4)cc3)N2)cc1. The van der Waals surface area contributed by atoms with E-state index in [-0.39, 0.29) is 0 Å². The van der Waals surface area contributed by atoms with Gasteiger partial charge in [0, 0.05) is 42.6 Å². The van der Waals surface area contributed by atoms with E-state index in [1.165, 1.54) is 54.1 Å². The highest BCUT2D eigenvalue weighted by Gasteiger charge is 2.50. The Morgan fingerprint density at radius 1 is 0.422 bits per heavy atom. The molecule has 0 saturated heterocycles. The van der Waals surface area contributed by atoms with Crippen LogP contribution in [0.1, 0.15) is 45.1 Å². The van der Waals surface area contributed by atoms with Crippen LogP contribution in [0.5, 0.6) is 0 Å². The normalized spacial score (nSPS) is 15.4. The van der Waals surface area contributed by atoms with E-state index in [9.17, 15) is 0 Å². The summed E-state index contributed by atoms with van der Waals surface area (Å²) in [4.78, 5) is 18.7. The van der Waals surface area contributed by atoms with Gasteiger partial charge in [-0.05, 0) is 68.3 Å². The molecule has 1 unspecified atom stereocenters.